The Morgan fingerprint density at radius 1 is 1.08 bits per heavy atom. The van der Waals surface area contributed by atoms with Crippen LogP contribution in [-0.2, 0) is 27.4 Å². The standard InChI is InChI=1S/C30H41N3O6/c1-20(2)32(21(3)4)17-15-31-27(34)26-25-13-12-24(38-19-22-10-8-7-9-11-22)18-23(25)14-16-33(26)29(37)39-30(5,6)28(35)36/h7-13,18,20-21,26H,14-17,19H2,1-6H3,(H,31,34)(H,35,36). The van der Waals surface area contributed by atoms with Gasteiger partial charge < -0.3 is 19.9 Å². The van der Waals surface area contributed by atoms with Gasteiger partial charge in [0, 0.05) is 31.7 Å². The second-order valence-electron chi connectivity index (χ2n) is 10.9. The number of carboxylic acid groups (broad SMARTS) is 1. The topological polar surface area (TPSA) is 108 Å². The van der Waals surface area contributed by atoms with E-state index in [2.05, 4.69) is 37.9 Å². The molecule has 39 heavy (non-hydrogen) atoms. The molecule has 0 radical (unpaired) electrons. The minimum absolute atomic E-state index is 0.200. The second kappa shape index (κ2) is 13.0. The van der Waals surface area contributed by atoms with Crippen molar-refractivity contribution in [3.05, 3.63) is 65.2 Å². The molecule has 0 spiro atoms. The van der Waals surface area contributed by atoms with Crippen LogP contribution in [0.1, 0.15) is 64.3 Å². The molecule has 1 heterocycles. The number of fused-ring (bicyclic) bond motifs is 1. The average molecular weight is 540 g/mol. The molecule has 0 saturated carbocycles. The first-order valence-electron chi connectivity index (χ1n) is 13.5. The molecule has 2 aromatic carbocycles. The van der Waals surface area contributed by atoms with Crippen LogP contribution in [0.3, 0.4) is 0 Å². The summed E-state index contributed by atoms with van der Waals surface area (Å²) < 4.78 is 11.3. The molecule has 2 N–H and O–H groups in total. The third-order valence-corrected chi connectivity index (χ3v) is 6.93. The molecular formula is C30H41N3O6. The van der Waals surface area contributed by atoms with Crippen LogP contribution in [0.15, 0.2) is 48.5 Å². The third kappa shape index (κ3) is 7.72. The van der Waals surface area contributed by atoms with Crippen molar-refractivity contribution in [2.24, 2.45) is 0 Å². The van der Waals surface area contributed by atoms with Crippen LogP contribution < -0.4 is 10.1 Å². The third-order valence-electron chi connectivity index (χ3n) is 6.93. The van der Waals surface area contributed by atoms with Crippen LogP contribution in [0.25, 0.3) is 0 Å². The molecule has 0 bridgehead atoms. The van der Waals surface area contributed by atoms with Crippen molar-refractivity contribution in [2.45, 2.75) is 78.3 Å². The van der Waals surface area contributed by atoms with E-state index in [1.807, 2.05) is 36.4 Å². The molecule has 212 valence electrons. The number of hydrogen-bond acceptors (Lipinski definition) is 6. The van der Waals surface area contributed by atoms with E-state index < -0.39 is 23.7 Å². The summed E-state index contributed by atoms with van der Waals surface area (Å²) in [5.74, 6) is -0.937. The average Bonchev–Trinajstić information content (AvgIpc) is 2.88. The number of nitrogens with zero attached hydrogens (tertiary/aromatic N) is 2. The Labute approximate surface area is 231 Å². The smallest absolute Gasteiger partial charge is 0.411 e. The molecule has 0 aromatic heterocycles. The van der Waals surface area contributed by atoms with Crippen LogP contribution in [0.5, 0.6) is 5.75 Å². The zero-order chi connectivity index (χ0) is 28.7. The molecule has 2 aromatic rings. The van der Waals surface area contributed by atoms with Crippen molar-refractivity contribution in [3.8, 4) is 5.75 Å². The lowest BCUT2D eigenvalue weighted by Gasteiger charge is -2.37. The van der Waals surface area contributed by atoms with Crippen molar-refractivity contribution in [1.29, 1.82) is 0 Å². The van der Waals surface area contributed by atoms with Crippen molar-refractivity contribution in [3.63, 3.8) is 0 Å². The molecule has 9 heteroatoms. The number of carboxylic acids is 1. The molecular weight excluding hydrogens is 498 g/mol. The SMILES string of the molecule is CC(C)N(CCNC(=O)C1c2ccc(OCc3ccccc3)cc2CCN1C(=O)OC(C)(C)C(=O)O)C(C)C. The van der Waals surface area contributed by atoms with Gasteiger partial charge in [-0.1, -0.05) is 36.4 Å². The molecule has 0 aliphatic carbocycles. The highest BCUT2D eigenvalue weighted by atomic mass is 16.6. The summed E-state index contributed by atoms with van der Waals surface area (Å²) in [6, 6.07) is 15.0. The van der Waals surface area contributed by atoms with E-state index >= 15 is 0 Å². The van der Waals surface area contributed by atoms with E-state index in [4.69, 9.17) is 9.47 Å². The van der Waals surface area contributed by atoms with Crippen LogP contribution in [0, 0.1) is 0 Å². The molecule has 0 saturated heterocycles. The van der Waals surface area contributed by atoms with Gasteiger partial charge >= 0.3 is 12.1 Å². The molecule has 1 aliphatic heterocycles. The van der Waals surface area contributed by atoms with Gasteiger partial charge in [0.25, 0.3) is 0 Å². The number of ether oxygens (including phenoxy) is 2. The number of hydrogen-bond donors (Lipinski definition) is 2. The summed E-state index contributed by atoms with van der Waals surface area (Å²) in [5, 5.41) is 12.4. The first-order chi connectivity index (χ1) is 18.4. The lowest BCUT2D eigenvalue weighted by atomic mass is 9.92. The number of rotatable bonds is 11. The predicted molar refractivity (Wildman–Crippen MR) is 149 cm³/mol. The van der Waals surface area contributed by atoms with Crippen molar-refractivity contribution >= 4 is 18.0 Å². The number of carbonyl (C=O) groups is 3. The Balaban J connectivity index is 1.82. The molecule has 1 aliphatic rings. The summed E-state index contributed by atoms with van der Waals surface area (Å²) in [6.45, 7) is 12.7. The molecule has 9 nitrogen and oxygen atoms in total. The van der Waals surface area contributed by atoms with Gasteiger partial charge in [0.05, 0.1) is 0 Å². The van der Waals surface area contributed by atoms with E-state index in [1.54, 1.807) is 12.1 Å². The molecule has 1 atom stereocenters. The molecule has 1 unspecified atom stereocenters. The van der Waals surface area contributed by atoms with Crippen LogP contribution >= 0.6 is 0 Å². The summed E-state index contributed by atoms with van der Waals surface area (Å²) >= 11 is 0. The van der Waals surface area contributed by atoms with E-state index in [9.17, 15) is 19.5 Å². The lowest BCUT2D eigenvalue weighted by Crippen LogP contribution is -2.51. The Hall–Kier alpha value is -3.59. The van der Waals surface area contributed by atoms with Gasteiger partial charge in [-0.3, -0.25) is 14.6 Å². The van der Waals surface area contributed by atoms with Crippen LogP contribution in [0.4, 0.5) is 4.79 Å². The summed E-state index contributed by atoms with van der Waals surface area (Å²) in [5.41, 5.74) is 0.871. The fraction of sp³-hybridized carbons (Fsp3) is 0.500. The summed E-state index contributed by atoms with van der Waals surface area (Å²) in [4.78, 5) is 41.9. The highest BCUT2D eigenvalue weighted by Crippen LogP contribution is 2.34. The quantitative estimate of drug-likeness (QED) is 0.436. The van der Waals surface area contributed by atoms with E-state index in [-0.39, 0.29) is 12.5 Å². The maximum Gasteiger partial charge on any atom is 0.411 e. The van der Waals surface area contributed by atoms with Gasteiger partial charge in [0.15, 0.2) is 0 Å². The number of aliphatic carboxylic acids is 1. The fourth-order valence-corrected chi connectivity index (χ4v) is 4.75. The normalized spacial score (nSPS) is 15.3. The minimum atomic E-state index is -1.73. The first-order valence-corrected chi connectivity index (χ1v) is 13.5. The monoisotopic (exact) mass is 539 g/mol. The first kappa shape index (κ1) is 30.0. The van der Waals surface area contributed by atoms with Gasteiger partial charge in [-0.15, -0.1) is 0 Å². The number of nitrogens with one attached hydrogen (secondary N) is 1. The van der Waals surface area contributed by atoms with Gasteiger partial charge in [-0.2, -0.15) is 0 Å². The second-order valence-corrected chi connectivity index (χ2v) is 10.9. The van der Waals surface area contributed by atoms with Crippen molar-refractivity contribution in [2.75, 3.05) is 19.6 Å². The molecule has 3 rings (SSSR count). The molecule has 2 amide bonds. The lowest BCUT2D eigenvalue weighted by molar-refractivity contribution is -0.156. The fourth-order valence-electron chi connectivity index (χ4n) is 4.75. The zero-order valence-corrected chi connectivity index (χ0v) is 23.8. The van der Waals surface area contributed by atoms with Crippen molar-refractivity contribution < 1.29 is 29.0 Å². The Morgan fingerprint density at radius 2 is 1.74 bits per heavy atom. The summed E-state index contributed by atoms with van der Waals surface area (Å²) in [7, 11) is 0. The van der Waals surface area contributed by atoms with Crippen LogP contribution in [0.2, 0.25) is 0 Å². The number of benzene rings is 2. The zero-order valence-electron chi connectivity index (χ0n) is 23.8. The van der Waals surface area contributed by atoms with Gasteiger partial charge in [-0.05, 0) is 76.8 Å². The summed E-state index contributed by atoms with van der Waals surface area (Å²) in [6.07, 6.45) is -0.373. The highest BCUT2D eigenvalue weighted by Gasteiger charge is 2.41. The minimum Gasteiger partial charge on any atom is -0.489 e. The number of carbonyl (C=O) groups excluding carboxylic acids is 2. The van der Waals surface area contributed by atoms with Crippen LogP contribution in [-0.4, -0.2) is 70.2 Å². The van der Waals surface area contributed by atoms with Gasteiger partial charge in [-0.25, -0.2) is 9.59 Å². The Kier molecular flexibility index (Phi) is 9.97. The van der Waals surface area contributed by atoms with E-state index in [0.717, 1.165) is 11.1 Å². The predicted octanol–water partition coefficient (Wildman–Crippen LogP) is 4.40. The highest BCUT2D eigenvalue weighted by molar-refractivity contribution is 5.89. The maximum atomic E-state index is 13.6. The Morgan fingerprint density at radius 3 is 2.36 bits per heavy atom. The van der Waals surface area contributed by atoms with E-state index in [1.165, 1.54) is 18.7 Å². The van der Waals surface area contributed by atoms with Gasteiger partial charge in [0.1, 0.15) is 18.4 Å². The maximum absolute atomic E-state index is 13.6. The van der Waals surface area contributed by atoms with Crippen molar-refractivity contribution in [1.82, 2.24) is 15.1 Å². The van der Waals surface area contributed by atoms with Gasteiger partial charge in [0.2, 0.25) is 11.5 Å². The molecule has 0 fully saturated rings. The Bertz CT molecular complexity index is 1140. The largest absolute Gasteiger partial charge is 0.489 e. The number of amides is 2. The van der Waals surface area contributed by atoms with E-state index in [0.29, 0.717) is 49.5 Å².